The predicted molar refractivity (Wildman–Crippen MR) is 93.0 cm³/mol. The quantitative estimate of drug-likeness (QED) is 0.371. The Hall–Kier alpha value is -1.56. The maximum absolute atomic E-state index is 4.55. The maximum atomic E-state index is 4.55. The number of rotatable bonds is 9. The van der Waals surface area contributed by atoms with E-state index in [1.807, 2.05) is 6.07 Å². The minimum Gasteiger partial charge on any atom is -0.357 e. The molecule has 0 atom stereocenters. The first-order valence-electron chi connectivity index (χ1n) is 8.30. The van der Waals surface area contributed by atoms with Crippen molar-refractivity contribution in [2.75, 3.05) is 19.6 Å². The Morgan fingerprint density at radius 2 is 2.00 bits per heavy atom. The first-order chi connectivity index (χ1) is 10.5. The van der Waals surface area contributed by atoms with E-state index in [9.17, 15) is 0 Å². The maximum Gasteiger partial charge on any atom is 0.191 e. The van der Waals surface area contributed by atoms with Gasteiger partial charge in [0.2, 0.25) is 0 Å². The SMILES string of the molecule is CCNC(=NCc1ccn[nH]1)NCCCN(C(C)C)C(C)C. The van der Waals surface area contributed by atoms with Gasteiger partial charge in [0.25, 0.3) is 0 Å². The molecule has 0 aliphatic rings. The molecule has 0 saturated heterocycles. The smallest absolute Gasteiger partial charge is 0.191 e. The number of H-pyrrole nitrogens is 1. The number of aromatic amines is 1. The lowest BCUT2D eigenvalue weighted by Gasteiger charge is -2.30. The summed E-state index contributed by atoms with van der Waals surface area (Å²) in [6.45, 7) is 14.6. The molecule has 1 heterocycles. The highest BCUT2D eigenvalue weighted by Crippen LogP contribution is 2.05. The van der Waals surface area contributed by atoms with Crippen LogP contribution in [0.25, 0.3) is 0 Å². The van der Waals surface area contributed by atoms with Gasteiger partial charge < -0.3 is 10.6 Å². The summed E-state index contributed by atoms with van der Waals surface area (Å²) in [5, 5.41) is 13.5. The molecule has 22 heavy (non-hydrogen) atoms. The highest BCUT2D eigenvalue weighted by molar-refractivity contribution is 5.79. The zero-order chi connectivity index (χ0) is 16.4. The molecule has 1 rings (SSSR count). The minimum atomic E-state index is 0.585. The summed E-state index contributed by atoms with van der Waals surface area (Å²) in [5.74, 6) is 0.859. The third kappa shape index (κ3) is 6.93. The number of guanidine groups is 1. The minimum absolute atomic E-state index is 0.585. The third-order valence-electron chi connectivity index (χ3n) is 3.52. The normalized spacial score (nSPS) is 12.5. The number of nitrogens with zero attached hydrogens (tertiary/aromatic N) is 3. The molecular weight excluding hydrogens is 276 g/mol. The molecule has 0 fully saturated rings. The van der Waals surface area contributed by atoms with Gasteiger partial charge in [0.1, 0.15) is 0 Å². The molecule has 0 aliphatic heterocycles. The largest absolute Gasteiger partial charge is 0.357 e. The summed E-state index contributed by atoms with van der Waals surface area (Å²) < 4.78 is 0. The van der Waals surface area contributed by atoms with E-state index >= 15 is 0 Å². The zero-order valence-electron chi connectivity index (χ0n) is 14.7. The second kappa shape index (κ2) is 10.2. The lowest BCUT2D eigenvalue weighted by atomic mass is 10.2. The molecule has 1 aromatic rings. The van der Waals surface area contributed by atoms with E-state index in [-0.39, 0.29) is 0 Å². The molecule has 0 bridgehead atoms. The number of hydrogen-bond acceptors (Lipinski definition) is 3. The Balaban J connectivity index is 2.36. The Bertz CT molecular complexity index is 402. The second-order valence-corrected chi connectivity index (χ2v) is 5.98. The number of aromatic nitrogens is 2. The first-order valence-corrected chi connectivity index (χ1v) is 8.30. The van der Waals surface area contributed by atoms with Crippen LogP contribution in [-0.2, 0) is 6.54 Å². The van der Waals surface area contributed by atoms with Gasteiger partial charge in [0.15, 0.2) is 5.96 Å². The summed E-state index contributed by atoms with van der Waals surface area (Å²) in [4.78, 5) is 7.06. The summed E-state index contributed by atoms with van der Waals surface area (Å²) in [5.41, 5.74) is 1.02. The van der Waals surface area contributed by atoms with Crippen molar-refractivity contribution in [1.82, 2.24) is 25.7 Å². The van der Waals surface area contributed by atoms with E-state index < -0.39 is 0 Å². The van der Waals surface area contributed by atoms with Crippen LogP contribution in [0, 0.1) is 0 Å². The van der Waals surface area contributed by atoms with Crippen molar-refractivity contribution >= 4 is 5.96 Å². The molecule has 0 amide bonds. The van der Waals surface area contributed by atoms with E-state index in [0.29, 0.717) is 18.6 Å². The van der Waals surface area contributed by atoms with Crippen molar-refractivity contribution in [3.63, 3.8) is 0 Å². The molecule has 0 spiro atoms. The van der Waals surface area contributed by atoms with E-state index in [4.69, 9.17) is 0 Å². The first kappa shape index (κ1) is 18.5. The topological polar surface area (TPSA) is 68.3 Å². The molecule has 3 N–H and O–H groups in total. The lowest BCUT2D eigenvalue weighted by molar-refractivity contribution is 0.173. The van der Waals surface area contributed by atoms with Crippen molar-refractivity contribution in [1.29, 1.82) is 0 Å². The average molecular weight is 308 g/mol. The van der Waals surface area contributed by atoms with Crippen LogP contribution in [0.5, 0.6) is 0 Å². The van der Waals surface area contributed by atoms with Gasteiger partial charge in [-0.25, -0.2) is 4.99 Å². The summed E-state index contributed by atoms with van der Waals surface area (Å²) in [6.07, 6.45) is 2.85. The van der Waals surface area contributed by atoms with Crippen molar-refractivity contribution in [2.45, 2.75) is 59.7 Å². The van der Waals surface area contributed by atoms with Crippen molar-refractivity contribution in [2.24, 2.45) is 4.99 Å². The summed E-state index contributed by atoms with van der Waals surface area (Å²) in [7, 11) is 0. The van der Waals surface area contributed by atoms with Gasteiger partial charge in [-0.1, -0.05) is 0 Å². The molecule has 0 aromatic carbocycles. The highest BCUT2D eigenvalue weighted by atomic mass is 15.2. The van der Waals surface area contributed by atoms with Gasteiger partial charge in [-0.3, -0.25) is 10.00 Å². The predicted octanol–water partition coefficient (Wildman–Crippen LogP) is 1.97. The van der Waals surface area contributed by atoms with E-state index in [1.54, 1.807) is 6.20 Å². The number of hydrogen-bond donors (Lipinski definition) is 3. The van der Waals surface area contributed by atoms with E-state index in [0.717, 1.165) is 37.7 Å². The van der Waals surface area contributed by atoms with Gasteiger partial charge in [-0.2, -0.15) is 5.10 Å². The fourth-order valence-corrected chi connectivity index (χ4v) is 2.46. The Kier molecular flexibility index (Phi) is 8.58. The highest BCUT2D eigenvalue weighted by Gasteiger charge is 2.12. The third-order valence-corrected chi connectivity index (χ3v) is 3.52. The second-order valence-electron chi connectivity index (χ2n) is 5.98. The van der Waals surface area contributed by atoms with Gasteiger partial charge in [0, 0.05) is 37.9 Å². The molecular formula is C16H32N6. The average Bonchev–Trinajstić information content (AvgIpc) is 2.96. The van der Waals surface area contributed by atoms with Gasteiger partial charge in [-0.15, -0.1) is 0 Å². The van der Waals surface area contributed by atoms with Crippen LogP contribution in [0.3, 0.4) is 0 Å². The number of nitrogens with one attached hydrogen (secondary N) is 3. The summed E-state index contributed by atoms with van der Waals surface area (Å²) >= 11 is 0. The lowest BCUT2D eigenvalue weighted by Crippen LogP contribution is -2.41. The van der Waals surface area contributed by atoms with Crippen molar-refractivity contribution in [3.05, 3.63) is 18.0 Å². The van der Waals surface area contributed by atoms with Crippen LogP contribution in [0.15, 0.2) is 17.3 Å². The van der Waals surface area contributed by atoms with Crippen molar-refractivity contribution in [3.8, 4) is 0 Å². The van der Waals surface area contributed by atoms with Crippen molar-refractivity contribution < 1.29 is 0 Å². The Morgan fingerprint density at radius 3 is 2.55 bits per heavy atom. The zero-order valence-corrected chi connectivity index (χ0v) is 14.7. The standard InChI is InChI=1S/C16H32N6/c1-6-17-16(19-12-15-8-10-20-21-15)18-9-7-11-22(13(2)3)14(4)5/h8,10,13-14H,6-7,9,11-12H2,1-5H3,(H,20,21)(H2,17,18,19). The van der Waals surface area contributed by atoms with Crippen LogP contribution in [0.1, 0.15) is 46.7 Å². The summed E-state index contributed by atoms with van der Waals surface area (Å²) in [6, 6.07) is 3.11. The monoisotopic (exact) mass is 308 g/mol. The molecule has 6 nitrogen and oxygen atoms in total. The fourth-order valence-electron chi connectivity index (χ4n) is 2.46. The van der Waals surface area contributed by atoms with Gasteiger partial charge >= 0.3 is 0 Å². The van der Waals surface area contributed by atoms with Crippen LogP contribution < -0.4 is 10.6 Å². The fraction of sp³-hybridized carbons (Fsp3) is 0.750. The van der Waals surface area contributed by atoms with Crippen LogP contribution in [0.4, 0.5) is 0 Å². The van der Waals surface area contributed by atoms with E-state index in [2.05, 4.69) is 65.3 Å². The Labute approximate surface area is 134 Å². The van der Waals surface area contributed by atoms with Gasteiger partial charge in [0.05, 0.1) is 12.2 Å². The molecule has 0 radical (unpaired) electrons. The van der Waals surface area contributed by atoms with Crippen LogP contribution in [-0.4, -0.2) is 52.8 Å². The van der Waals surface area contributed by atoms with E-state index in [1.165, 1.54) is 0 Å². The molecule has 126 valence electrons. The van der Waals surface area contributed by atoms with Crippen LogP contribution >= 0.6 is 0 Å². The molecule has 0 unspecified atom stereocenters. The molecule has 6 heteroatoms. The Morgan fingerprint density at radius 1 is 1.27 bits per heavy atom. The molecule has 1 aromatic heterocycles. The van der Waals surface area contributed by atoms with Gasteiger partial charge in [-0.05, 0) is 47.1 Å². The molecule has 0 saturated carbocycles. The number of aliphatic imine (C=N–C) groups is 1. The van der Waals surface area contributed by atoms with Crippen LogP contribution in [0.2, 0.25) is 0 Å². The molecule has 0 aliphatic carbocycles.